The van der Waals surface area contributed by atoms with Crippen molar-refractivity contribution in [3.63, 3.8) is 0 Å². The number of allylic oxidation sites excluding steroid dienone is 1. The Morgan fingerprint density at radius 2 is 1.93 bits per heavy atom. The molecule has 1 aliphatic carbocycles. The Kier molecular flexibility index (Phi) is 7.00. The van der Waals surface area contributed by atoms with Crippen molar-refractivity contribution < 1.29 is 22.6 Å². The maximum Gasteiger partial charge on any atom is 0.573 e. The first-order valence-corrected chi connectivity index (χ1v) is 9.93. The molecule has 4 nitrogen and oxygen atoms in total. The number of alkyl halides is 3. The van der Waals surface area contributed by atoms with E-state index in [4.69, 9.17) is 4.74 Å². The number of hydrogen-bond acceptors (Lipinski definition) is 3. The van der Waals surface area contributed by atoms with Gasteiger partial charge < -0.3 is 9.47 Å². The van der Waals surface area contributed by atoms with Gasteiger partial charge in [0, 0.05) is 7.11 Å². The van der Waals surface area contributed by atoms with E-state index in [-0.39, 0.29) is 5.75 Å². The Morgan fingerprint density at radius 3 is 2.62 bits per heavy atom. The van der Waals surface area contributed by atoms with Gasteiger partial charge in [-0.15, -0.1) is 13.2 Å². The summed E-state index contributed by atoms with van der Waals surface area (Å²) in [6, 6.07) is 7.72. The number of halogens is 3. The summed E-state index contributed by atoms with van der Waals surface area (Å²) in [6.45, 7) is 4.49. The molecule has 7 heteroatoms. The largest absolute Gasteiger partial charge is 0.573 e. The van der Waals surface area contributed by atoms with Gasteiger partial charge in [-0.3, -0.25) is 0 Å². The van der Waals surface area contributed by atoms with E-state index in [0.29, 0.717) is 18.2 Å². The number of ether oxygens (including phenoxy) is 2. The maximum absolute atomic E-state index is 12.4. The van der Waals surface area contributed by atoms with Crippen molar-refractivity contribution in [3.05, 3.63) is 53.9 Å². The predicted molar refractivity (Wildman–Crippen MR) is 105 cm³/mol. The first-order chi connectivity index (χ1) is 13.8. The summed E-state index contributed by atoms with van der Waals surface area (Å²) in [5.74, 6) is 0.431. The minimum Gasteiger partial charge on any atom is -0.406 e. The van der Waals surface area contributed by atoms with Gasteiger partial charge in [-0.05, 0) is 74.8 Å². The number of aromatic nitrogens is 2. The second-order valence-corrected chi connectivity index (χ2v) is 7.60. The molecule has 158 valence electrons. The van der Waals surface area contributed by atoms with Gasteiger partial charge in [0.2, 0.25) is 0 Å². The Labute approximate surface area is 169 Å². The topological polar surface area (TPSA) is 36.3 Å². The van der Waals surface area contributed by atoms with E-state index in [2.05, 4.69) is 16.4 Å². The molecule has 1 aromatic heterocycles. The third-order valence-electron chi connectivity index (χ3n) is 5.30. The van der Waals surface area contributed by atoms with Crippen LogP contribution >= 0.6 is 0 Å². The quantitative estimate of drug-likeness (QED) is 0.417. The van der Waals surface area contributed by atoms with E-state index < -0.39 is 6.36 Å². The summed E-state index contributed by atoms with van der Waals surface area (Å²) in [4.78, 5) is 0. The lowest BCUT2D eigenvalue weighted by molar-refractivity contribution is -0.274. The van der Waals surface area contributed by atoms with Crippen LogP contribution in [0.15, 0.2) is 42.5 Å². The molecule has 0 aliphatic heterocycles. The van der Waals surface area contributed by atoms with Gasteiger partial charge >= 0.3 is 6.36 Å². The zero-order valence-corrected chi connectivity index (χ0v) is 16.7. The molecular weight excluding hydrogens is 381 g/mol. The average molecular weight is 408 g/mol. The molecule has 0 amide bonds. The number of rotatable bonds is 7. The van der Waals surface area contributed by atoms with Crippen molar-refractivity contribution in [2.24, 2.45) is 5.92 Å². The summed E-state index contributed by atoms with van der Waals surface area (Å²) in [7, 11) is 1.61. The van der Waals surface area contributed by atoms with Crippen LogP contribution in [-0.4, -0.2) is 23.3 Å². The van der Waals surface area contributed by atoms with Crippen molar-refractivity contribution in [2.75, 3.05) is 7.11 Å². The van der Waals surface area contributed by atoms with Crippen LogP contribution in [0, 0.1) is 5.92 Å². The Bertz CT molecular complexity index is 812. The van der Waals surface area contributed by atoms with E-state index in [9.17, 15) is 13.2 Å². The Balaban J connectivity index is 1.70. The number of benzene rings is 1. The fourth-order valence-corrected chi connectivity index (χ4v) is 3.82. The second kappa shape index (κ2) is 9.48. The van der Waals surface area contributed by atoms with Gasteiger partial charge in [0.1, 0.15) is 5.75 Å². The van der Waals surface area contributed by atoms with E-state index in [1.54, 1.807) is 23.9 Å². The van der Waals surface area contributed by atoms with Gasteiger partial charge in [0.05, 0.1) is 23.7 Å². The Hall–Kier alpha value is -2.28. The number of nitrogens with zero attached hydrogens (tertiary/aromatic N) is 2. The highest BCUT2D eigenvalue weighted by molar-refractivity contribution is 5.38. The third kappa shape index (κ3) is 6.35. The van der Waals surface area contributed by atoms with Gasteiger partial charge in [-0.25, -0.2) is 4.68 Å². The Morgan fingerprint density at radius 1 is 1.17 bits per heavy atom. The molecule has 29 heavy (non-hydrogen) atoms. The van der Waals surface area contributed by atoms with Crippen LogP contribution < -0.4 is 4.74 Å². The lowest BCUT2D eigenvalue weighted by atomic mass is 9.94. The van der Waals surface area contributed by atoms with E-state index in [0.717, 1.165) is 37.1 Å². The minimum atomic E-state index is -4.70. The van der Waals surface area contributed by atoms with Crippen LogP contribution in [0.25, 0.3) is 5.69 Å². The number of aryl methyl sites for hydroxylation is 1. The maximum atomic E-state index is 12.4. The molecule has 0 spiro atoms. The van der Waals surface area contributed by atoms with Crippen molar-refractivity contribution in [1.82, 2.24) is 9.78 Å². The zero-order valence-electron chi connectivity index (χ0n) is 16.7. The molecule has 2 aromatic rings. The van der Waals surface area contributed by atoms with Gasteiger partial charge in [0.15, 0.2) is 0 Å². The van der Waals surface area contributed by atoms with Gasteiger partial charge in [-0.1, -0.05) is 18.6 Å². The number of hydrogen-bond donors (Lipinski definition) is 0. The van der Waals surface area contributed by atoms with Crippen molar-refractivity contribution >= 4 is 0 Å². The second-order valence-electron chi connectivity index (χ2n) is 7.60. The molecule has 0 saturated heterocycles. The molecule has 3 rings (SSSR count). The van der Waals surface area contributed by atoms with Crippen LogP contribution in [0.2, 0.25) is 0 Å². The van der Waals surface area contributed by atoms with Gasteiger partial charge in [0.25, 0.3) is 0 Å². The third-order valence-corrected chi connectivity index (χ3v) is 5.30. The lowest BCUT2D eigenvalue weighted by Crippen LogP contribution is -2.17. The molecule has 1 heterocycles. The average Bonchev–Trinajstić information content (AvgIpc) is 2.94. The smallest absolute Gasteiger partial charge is 0.406 e. The van der Waals surface area contributed by atoms with Crippen LogP contribution in [0.1, 0.15) is 49.9 Å². The lowest BCUT2D eigenvalue weighted by Gasteiger charge is -2.12. The zero-order chi connectivity index (χ0) is 20.9. The molecule has 1 aromatic carbocycles. The van der Waals surface area contributed by atoms with Crippen molar-refractivity contribution in [3.8, 4) is 11.4 Å². The fourth-order valence-electron chi connectivity index (χ4n) is 3.82. The standard InChI is InChI=1S/C22H27F3N2O2/c1-16-4-3-5-17(7-6-16)8-9-18-14-20(15-28-2)27(26-18)19-10-12-21(13-11-19)29-22(23,24)25/h10-14,17H,1,3-9,15H2,2H3. The highest BCUT2D eigenvalue weighted by Gasteiger charge is 2.31. The molecule has 1 unspecified atom stereocenters. The molecule has 1 aliphatic rings. The molecule has 0 N–H and O–H groups in total. The fraction of sp³-hybridized carbons (Fsp3) is 0.500. The van der Waals surface area contributed by atoms with Crippen LogP contribution in [-0.2, 0) is 17.8 Å². The summed E-state index contributed by atoms with van der Waals surface area (Å²) < 4.78 is 48.0. The molecular formula is C22H27F3N2O2. The van der Waals surface area contributed by atoms with E-state index >= 15 is 0 Å². The van der Waals surface area contributed by atoms with E-state index in [1.165, 1.54) is 37.0 Å². The monoisotopic (exact) mass is 408 g/mol. The highest BCUT2D eigenvalue weighted by Crippen LogP contribution is 2.29. The first-order valence-electron chi connectivity index (χ1n) is 9.93. The van der Waals surface area contributed by atoms with Crippen molar-refractivity contribution in [2.45, 2.75) is 57.9 Å². The van der Waals surface area contributed by atoms with Crippen LogP contribution in [0.4, 0.5) is 13.2 Å². The molecule has 1 atom stereocenters. The highest BCUT2D eigenvalue weighted by atomic mass is 19.4. The SMILES string of the molecule is C=C1CCCC(CCc2cc(COC)n(-c3ccc(OC(F)(F)F)cc3)n2)CC1. The van der Waals surface area contributed by atoms with Gasteiger partial charge in [-0.2, -0.15) is 5.10 Å². The molecule has 1 fully saturated rings. The van der Waals surface area contributed by atoms with E-state index in [1.807, 2.05) is 6.07 Å². The van der Waals surface area contributed by atoms with Crippen LogP contribution in [0.5, 0.6) is 5.75 Å². The molecule has 0 radical (unpaired) electrons. The van der Waals surface area contributed by atoms with Crippen LogP contribution in [0.3, 0.4) is 0 Å². The summed E-state index contributed by atoms with van der Waals surface area (Å²) >= 11 is 0. The number of methoxy groups -OCH3 is 1. The normalized spacial score (nSPS) is 17.9. The summed E-state index contributed by atoms with van der Waals surface area (Å²) in [5, 5.41) is 4.68. The van der Waals surface area contributed by atoms with Crippen molar-refractivity contribution in [1.29, 1.82) is 0 Å². The molecule has 1 saturated carbocycles. The summed E-state index contributed by atoms with van der Waals surface area (Å²) in [6.07, 6.45) is 3.12. The summed E-state index contributed by atoms with van der Waals surface area (Å²) in [5.41, 5.74) is 3.86. The minimum absolute atomic E-state index is 0.253. The molecule has 0 bridgehead atoms. The predicted octanol–water partition coefficient (Wildman–Crippen LogP) is 5.99. The first kappa shape index (κ1) is 21.4.